The highest BCUT2D eigenvalue weighted by Crippen LogP contribution is 2.23. The van der Waals surface area contributed by atoms with Crippen LogP contribution in [-0.2, 0) is 9.53 Å². The van der Waals surface area contributed by atoms with Crippen LogP contribution >= 0.6 is 0 Å². The summed E-state index contributed by atoms with van der Waals surface area (Å²) in [5.74, 6) is -0.215. The molecule has 5 nitrogen and oxygen atoms in total. The second kappa shape index (κ2) is 19.3. The zero-order valence-electron chi connectivity index (χ0n) is 19.2. The standard InChI is InChI=1S/C24H48O5/c1-3-5-7-9-10-12-14-16-22(15-13-11-8-6-4-2)23(28)29-18-17-24(19-25,20-26)21-27/h22,25-27H,3-21H2,1-2H3. The van der Waals surface area contributed by atoms with Gasteiger partial charge in [0.05, 0.1) is 32.3 Å². The minimum Gasteiger partial charge on any atom is -0.465 e. The zero-order valence-corrected chi connectivity index (χ0v) is 19.2. The molecule has 0 aromatic heterocycles. The lowest BCUT2D eigenvalue weighted by atomic mass is 9.87. The molecule has 1 atom stereocenters. The van der Waals surface area contributed by atoms with Crippen molar-refractivity contribution in [1.82, 2.24) is 0 Å². The molecule has 0 aromatic rings. The van der Waals surface area contributed by atoms with Crippen LogP contribution < -0.4 is 0 Å². The Hall–Kier alpha value is -0.650. The van der Waals surface area contributed by atoms with Crippen molar-refractivity contribution in [3.05, 3.63) is 0 Å². The predicted octanol–water partition coefficient (Wildman–Crippen LogP) is 5.00. The first-order chi connectivity index (χ1) is 14.1. The number of carbonyl (C=O) groups is 1. The minimum atomic E-state index is -0.978. The first-order valence-corrected chi connectivity index (χ1v) is 12.1. The van der Waals surface area contributed by atoms with Crippen molar-refractivity contribution >= 4 is 5.97 Å². The van der Waals surface area contributed by atoms with Crippen LogP contribution in [0.1, 0.15) is 110 Å². The van der Waals surface area contributed by atoms with Crippen LogP contribution in [0.15, 0.2) is 0 Å². The van der Waals surface area contributed by atoms with E-state index in [1.807, 2.05) is 0 Å². The average molecular weight is 417 g/mol. The maximum absolute atomic E-state index is 12.6. The summed E-state index contributed by atoms with van der Waals surface area (Å²) in [4.78, 5) is 12.6. The third kappa shape index (κ3) is 14.1. The Labute approximate surface area is 179 Å². The van der Waals surface area contributed by atoms with Crippen LogP contribution in [0.5, 0.6) is 0 Å². The molecule has 0 aromatic carbocycles. The number of hydrogen-bond donors (Lipinski definition) is 3. The van der Waals surface area contributed by atoms with E-state index in [0.29, 0.717) is 0 Å². The van der Waals surface area contributed by atoms with Gasteiger partial charge in [-0.15, -0.1) is 0 Å². The van der Waals surface area contributed by atoms with Crippen molar-refractivity contribution in [2.45, 2.75) is 110 Å². The molecule has 0 heterocycles. The summed E-state index contributed by atoms with van der Waals surface area (Å²) in [6, 6.07) is 0. The van der Waals surface area contributed by atoms with Gasteiger partial charge < -0.3 is 20.1 Å². The molecule has 0 fully saturated rings. The van der Waals surface area contributed by atoms with Crippen LogP contribution in [-0.4, -0.2) is 47.7 Å². The van der Waals surface area contributed by atoms with E-state index in [-0.39, 0.29) is 44.7 Å². The van der Waals surface area contributed by atoms with E-state index >= 15 is 0 Å². The fraction of sp³-hybridized carbons (Fsp3) is 0.958. The van der Waals surface area contributed by atoms with E-state index in [9.17, 15) is 20.1 Å². The Balaban J connectivity index is 4.36. The summed E-state index contributed by atoms with van der Waals surface area (Å²) in [6.45, 7) is 3.58. The Morgan fingerprint density at radius 1 is 0.724 bits per heavy atom. The van der Waals surface area contributed by atoms with Crippen molar-refractivity contribution in [2.24, 2.45) is 11.3 Å². The number of carbonyl (C=O) groups excluding carboxylic acids is 1. The lowest BCUT2D eigenvalue weighted by Gasteiger charge is -2.27. The number of unbranched alkanes of at least 4 members (excludes halogenated alkanes) is 10. The molecular formula is C24H48O5. The summed E-state index contributed by atoms with van der Waals surface area (Å²) >= 11 is 0. The Morgan fingerprint density at radius 2 is 1.14 bits per heavy atom. The van der Waals surface area contributed by atoms with E-state index in [0.717, 1.165) is 32.1 Å². The average Bonchev–Trinajstić information content (AvgIpc) is 2.74. The molecule has 1 unspecified atom stereocenters. The Bertz CT molecular complexity index is 360. The summed E-state index contributed by atoms with van der Waals surface area (Å²) in [7, 11) is 0. The molecule has 3 N–H and O–H groups in total. The maximum Gasteiger partial charge on any atom is 0.308 e. The molecule has 0 aliphatic carbocycles. The molecular weight excluding hydrogens is 368 g/mol. The van der Waals surface area contributed by atoms with Gasteiger partial charge in [-0.05, 0) is 19.3 Å². The number of esters is 1. The highest BCUT2D eigenvalue weighted by molar-refractivity contribution is 5.72. The van der Waals surface area contributed by atoms with Gasteiger partial charge in [0.15, 0.2) is 0 Å². The fourth-order valence-corrected chi connectivity index (χ4v) is 3.60. The third-order valence-corrected chi connectivity index (χ3v) is 6.03. The van der Waals surface area contributed by atoms with Gasteiger partial charge in [-0.2, -0.15) is 0 Å². The van der Waals surface area contributed by atoms with Crippen molar-refractivity contribution < 1.29 is 24.9 Å². The minimum absolute atomic E-state index is 0.0564. The topological polar surface area (TPSA) is 87.0 Å². The number of rotatable bonds is 21. The fourth-order valence-electron chi connectivity index (χ4n) is 3.60. The van der Waals surface area contributed by atoms with Crippen molar-refractivity contribution in [3.8, 4) is 0 Å². The first kappa shape index (κ1) is 28.4. The van der Waals surface area contributed by atoms with Gasteiger partial charge in [-0.1, -0.05) is 90.9 Å². The van der Waals surface area contributed by atoms with Gasteiger partial charge >= 0.3 is 5.97 Å². The zero-order chi connectivity index (χ0) is 21.8. The molecule has 174 valence electrons. The Morgan fingerprint density at radius 3 is 1.55 bits per heavy atom. The van der Waals surface area contributed by atoms with Gasteiger partial charge in [0.2, 0.25) is 0 Å². The highest BCUT2D eigenvalue weighted by Gasteiger charge is 2.29. The largest absolute Gasteiger partial charge is 0.465 e. The molecule has 5 heteroatoms. The van der Waals surface area contributed by atoms with E-state index < -0.39 is 5.41 Å². The summed E-state index contributed by atoms with van der Waals surface area (Å²) in [6.07, 6.45) is 16.6. The van der Waals surface area contributed by atoms with Gasteiger partial charge in [0.1, 0.15) is 0 Å². The predicted molar refractivity (Wildman–Crippen MR) is 119 cm³/mol. The van der Waals surface area contributed by atoms with E-state index in [4.69, 9.17) is 4.74 Å². The van der Waals surface area contributed by atoms with Crippen molar-refractivity contribution in [2.75, 3.05) is 26.4 Å². The molecule has 0 amide bonds. The highest BCUT2D eigenvalue weighted by atomic mass is 16.5. The normalized spacial score (nSPS) is 12.9. The van der Waals surface area contributed by atoms with E-state index in [1.165, 1.54) is 57.8 Å². The van der Waals surface area contributed by atoms with Crippen LogP contribution in [0.25, 0.3) is 0 Å². The summed E-state index contributed by atoms with van der Waals surface area (Å²) in [5.41, 5.74) is -0.978. The van der Waals surface area contributed by atoms with Crippen molar-refractivity contribution in [3.63, 3.8) is 0 Å². The van der Waals surface area contributed by atoms with Crippen LogP contribution in [0, 0.1) is 11.3 Å². The number of ether oxygens (including phenoxy) is 1. The van der Waals surface area contributed by atoms with Gasteiger partial charge in [0, 0.05) is 5.41 Å². The molecule has 0 aliphatic heterocycles. The third-order valence-electron chi connectivity index (χ3n) is 6.03. The van der Waals surface area contributed by atoms with E-state index in [1.54, 1.807) is 0 Å². The summed E-state index contributed by atoms with van der Waals surface area (Å²) < 4.78 is 5.48. The monoisotopic (exact) mass is 416 g/mol. The number of hydrogen-bond acceptors (Lipinski definition) is 5. The lowest BCUT2D eigenvalue weighted by molar-refractivity contribution is -0.151. The molecule has 0 saturated carbocycles. The second-order valence-electron chi connectivity index (χ2n) is 8.70. The molecule has 0 radical (unpaired) electrons. The SMILES string of the molecule is CCCCCCCCCC(CCCCCCC)C(=O)OCCC(CO)(CO)CO. The number of aliphatic hydroxyl groups excluding tert-OH is 3. The molecule has 0 bridgehead atoms. The quantitative estimate of drug-likeness (QED) is 0.181. The van der Waals surface area contributed by atoms with Crippen molar-refractivity contribution in [1.29, 1.82) is 0 Å². The van der Waals surface area contributed by atoms with Crippen LogP contribution in [0.4, 0.5) is 0 Å². The van der Waals surface area contributed by atoms with Crippen LogP contribution in [0.2, 0.25) is 0 Å². The van der Waals surface area contributed by atoms with Gasteiger partial charge in [-0.3, -0.25) is 4.79 Å². The molecule has 0 rings (SSSR count). The summed E-state index contributed by atoms with van der Waals surface area (Å²) in [5, 5.41) is 28.2. The second-order valence-corrected chi connectivity index (χ2v) is 8.70. The maximum atomic E-state index is 12.6. The smallest absolute Gasteiger partial charge is 0.308 e. The Kier molecular flexibility index (Phi) is 18.9. The molecule has 0 saturated heterocycles. The van der Waals surface area contributed by atoms with E-state index in [2.05, 4.69) is 13.8 Å². The lowest BCUT2D eigenvalue weighted by Crippen LogP contribution is -2.35. The van der Waals surface area contributed by atoms with Gasteiger partial charge in [0.25, 0.3) is 0 Å². The first-order valence-electron chi connectivity index (χ1n) is 12.1. The molecule has 29 heavy (non-hydrogen) atoms. The van der Waals surface area contributed by atoms with Crippen LogP contribution in [0.3, 0.4) is 0 Å². The van der Waals surface area contributed by atoms with Gasteiger partial charge in [-0.25, -0.2) is 0 Å². The molecule has 0 spiro atoms. The number of aliphatic hydroxyl groups is 3. The molecule has 0 aliphatic rings.